The van der Waals surface area contributed by atoms with Crippen LogP contribution in [0.25, 0.3) is 22.3 Å². The van der Waals surface area contributed by atoms with Crippen molar-refractivity contribution in [2.24, 2.45) is 12.8 Å². The summed E-state index contributed by atoms with van der Waals surface area (Å²) in [6.45, 7) is 0. The number of aromatic amines is 1. The van der Waals surface area contributed by atoms with Gasteiger partial charge in [0.2, 0.25) is 0 Å². The van der Waals surface area contributed by atoms with Crippen molar-refractivity contribution in [3.8, 4) is 11.3 Å². The Balaban J connectivity index is 2.10. The Hall–Kier alpha value is -2.63. The van der Waals surface area contributed by atoms with Crippen LogP contribution in [0.1, 0.15) is 10.6 Å². The number of hydrogen-bond donors (Lipinski definition) is 2. The van der Waals surface area contributed by atoms with Crippen LogP contribution < -0.4 is 5.73 Å². The fourth-order valence-electron chi connectivity index (χ4n) is 1.90. The van der Waals surface area contributed by atoms with E-state index in [9.17, 15) is 4.79 Å². The third kappa shape index (κ3) is 1.55. The highest BCUT2D eigenvalue weighted by molar-refractivity contribution is 5.90. The summed E-state index contributed by atoms with van der Waals surface area (Å²) in [6, 6.07) is 5.86. The van der Waals surface area contributed by atoms with Crippen molar-refractivity contribution >= 4 is 16.9 Å². The Morgan fingerprint density at radius 1 is 1.39 bits per heavy atom. The number of carbonyl (C=O) groups is 1. The molecule has 0 fully saturated rings. The van der Waals surface area contributed by atoms with Crippen molar-refractivity contribution < 1.29 is 4.79 Å². The summed E-state index contributed by atoms with van der Waals surface area (Å²) in [5.74, 6) is -0.411. The normalized spacial score (nSPS) is 10.9. The number of imidazole rings is 2. The average molecular weight is 241 g/mol. The highest BCUT2D eigenvalue weighted by atomic mass is 16.1. The molecular formula is C12H11N5O. The van der Waals surface area contributed by atoms with E-state index in [4.69, 9.17) is 5.73 Å². The van der Waals surface area contributed by atoms with E-state index in [1.54, 1.807) is 12.5 Å². The maximum Gasteiger partial charge on any atom is 0.284 e. The summed E-state index contributed by atoms with van der Waals surface area (Å²) < 4.78 is 1.95. The molecule has 90 valence electrons. The molecule has 0 aliphatic rings. The molecule has 0 radical (unpaired) electrons. The lowest BCUT2D eigenvalue weighted by Crippen LogP contribution is -2.12. The second-order valence-electron chi connectivity index (χ2n) is 4.07. The van der Waals surface area contributed by atoms with Gasteiger partial charge in [-0.3, -0.25) is 4.79 Å². The first kappa shape index (κ1) is 10.5. The molecule has 2 heterocycles. The smallest absolute Gasteiger partial charge is 0.284 e. The summed E-state index contributed by atoms with van der Waals surface area (Å²) in [5.41, 5.74) is 8.76. The first-order valence-corrected chi connectivity index (χ1v) is 5.41. The van der Waals surface area contributed by atoms with E-state index in [2.05, 4.69) is 15.0 Å². The van der Waals surface area contributed by atoms with Gasteiger partial charge < -0.3 is 15.3 Å². The maximum atomic E-state index is 11.0. The molecule has 0 aliphatic carbocycles. The summed E-state index contributed by atoms with van der Waals surface area (Å²) in [5, 5.41) is 0. The minimum Gasteiger partial charge on any atom is -0.363 e. The number of rotatable bonds is 2. The summed E-state index contributed by atoms with van der Waals surface area (Å²) in [4.78, 5) is 22.1. The number of H-pyrrole nitrogens is 1. The highest BCUT2D eigenvalue weighted by Gasteiger charge is 2.08. The van der Waals surface area contributed by atoms with Gasteiger partial charge in [0.25, 0.3) is 5.91 Å². The highest BCUT2D eigenvalue weighted by Crippen LogP contribution is 2.22. The van der Waals surface area contributed by atoms with Gasteiger partial charge in [0.15, 0.2) is 5.82 Å². The van der Waals surface area contributed by atoms with E-state index in [0.717, 1.165) is 22.3 Å². The predicted molar refractivity (Wildman–Crippen MR) is 66.8 cm³/mol. The average Bonchev–Trinajstić information content (AvgIpc) is 2.96. The molecule has 6 nitrogen and oxygen atoms in total. The van der Waals surface area contributed by atoms with Crippen molar-refractivity contribution in [2.75, 3.05) is 0 Å². The molecule has 0 spiro atoms. The van der Waals surface area contributed by atoms with Crippen molar-refractivity contribution in [2.45, 2.75) is 0 Å². The molecular weight excluding hydrogens is 230 g/mol. The van der Waals surface area contributed by atoms with Crippen molar-refractivity contribution in [1.82, 2.24) is 19.5 Å². The first-order valence-electron chi connectivity index (χ1n) is 5.41. The molecule has 3 N–H and O–H groups in total. The minimum atomic E-state index is -0.569. The van der Waals surface area contributed by atoms with Crippen LogP contribution in [0.2, 0.25) is 0 Å². The fraction of sp³-hybridized carbons (Fsp3) is 0.0833. The molecule has 2 aromatic heterocycles. The topological polar surface area (TPSA) is 89.6 Å². The zero-order chi connectivity index (χ0) is 12.7. The van der Waals surface area contributed by atoms with Gasteiger partial charge in [-0.05, 0) is 12.1 Å². The van der Waals surface area contributed by atoms with E-state index in [1.165, 1.54) is 0 Å². The quantitative estimate of drug-likeness (QED) is 0.703. The SMILES string of the molecule is Cn1cnc2cc(-c3cnc(C(N)=O)[nH]3)ccc21. The van der Waals surface area contributed by atoms with Gasteiger partial charge in [-0.15, -0.1) is 0 Å². The number of nitrogens with two attached hydrogens (primary N) is 1. The van der Waals surface area contributed by atoms with Gasteiger partial charge in [-0.25, -0.2) is 9.97 Å². The van der Waals surface area contributed by atoms with Gasteiger partial charge >= 0.3 is 0 Å². The molecule has 3 rings (SSSR count). The number of aromatic nitrogens is 4. The molecule has 0 saturated carbocycles. The van der Waals surface area contributed by atoms with Crippen LogP contribution in [0, 0.1) is 0 Å². The lowest BCUT2D eigenvalue weighted by molar-refractivity contribution is 0.0991. The Morgan fingerprint density at radius 2 is 2.22 bits per heavy atom. The summed E-state index contributed by atoms with van der Waals surface area (Å²) in [6.07, 6.45) is 3.35. The standard InChI is InChI=1S/C12H11N5O/c1-17-6-15-8-4-7(2-3-10(8)17)9-5-14-12(16-9)11(13)18/h2-6H,1H3,(H2,13,18)(H,14,16). The summed E-state index contributed by atoms with van der Waals surface area (Å²) in [7, 11) is 1.94. The maximum absolute atomic E-state index is 11.0. The molecule has 0 aliphatic heterocycles. The van der Waals surface area contributed by atoms with Crippen LogP contribution in [0.4, 0.5) is 0 Å². The Morgan fingerprint density at radius 3 is 2.94 bits per heavy atom. The van der Waals surface area contributed by atoms with E-state index in [0.29, 0.717) is 0 Å². The second kappa shape index (κ2) is 3.69. The number of primary amides is 1. The van der Waals surface area contributed by atoms with E-state index in [-0.39, 0.29) is 5.82 Å². The van der Waals surface area contributed by atoms with E-state index < -0.39 is 5.91 Å². The molecule has 18 heavy (non-hydrogen) atoms. The van der Waals surface area contributed by atoms with Gasteiger partial charge in [-0.2, -0.15) is 0 Å². The molecule has 0 atom stereocenters. The molecule has 0 unspecified atom stereocenters. The van der Waals surface area contributed by atoms with Crippen LogP contribution >= 0.6 is 0 Å². The molecule has 0 saturated heterocycles. The van der Waals surface area contributed by atoms with Crippen LogP contribution in [0.3, 0.4) is 0 Å². The third-order valence-electron chi connectivity index (χ3n) is 2.85. The number of hydrogen-bond acceptors (Lipinski definition) is 3. The Labute approximate surface area is 102 Å². The largest absolute Gasteiger partial charge is 0.363 e. The molecule has 0 bridgehead atoms. The number of nitrogens with zero attached hydrogens (tertiary/aromatic N) is 3. The fourth-order valence-corrected chi connectivity index (χ4v) is 1.90. The van der Waals surface area contributed by atoms with Crippen LogP contribution in [0.5, 0.6) is 0 Å². The van der Waals surface area contributed by atoms with Gasteiger partial charge in [0, 0.05) is 12.6 Å². The van der Waals surface area contributed by atoms with Crippen molar-refractivity contribution in [3.05, 3.63) is 36.5 Å². The lowest BCUT2D eigenvalue weighted by atomic mass is 10.1. The number of nitrogens with one attached hydrogen (secondary N) is 1. The minimum absolute atomic E-state index is 0.158. The number of fused-ring (bicyclic) bond motifs is 1. The van der Waals surface area contributed by atoms with Crippen molar-refractivity contribution in [3.63, 3.8) is 0 Å². The lowest BCUT2D eigenvalue weighted by Gasteiger charge is -1.98. The Bertz CT molecular complexity index is 740. The molecule has 1 aromatic carbocycles. The number of benzene rings is 1. The van der Waals surface area contributed by atoms with Crippen LogP contribution in [-0.2, 0) is 7.05 Å². The number of aryl methyl sites for hydroxylation is 1. The van der Waals surface area contributed by atoms with E-state index in [1.807, 2.05) is 29.8 Å². The zero-order valence-corrected chi connectivity index (χ0v) is 9.71. The van der Waals surface area contributed by atoms with Crippen LogP contribution in [0.15, 0.2) is 30.7 Å². The van der Waals surface area contributed by atoms with Gasteiger partial charge in [-0.1, -0.05) is 6.07 Å². The van der Waals surface area contributed by atoms with Crippen molar-refractivity contribution in [1.29, 1.82) is 0 Å². The van der Waals surface area contributed by atoms with Crippen LogP contribution in [-0.4, -0.2) is 25.4 Å². The molecule has 1 amide bonds. The predicted octanol–water partition coefficient (Wildman–Crippen LogP) is 1.06. The zero-order valence-electron chi connectivity index (χ0n) is 9.71. The summed E-state index contributed by atoms with van der Waals surface area (Å²) >= 11 is 0. The first-order chi connectivity index (χ1) is 8.65. The molecule has 3 aromatic rings. The number of amides is 1. The number of carbonyl (C=O) groups excluding carboxylic acids is 1. The van der Waals surface area contributed by atoms with E-state index >= 15 is 0 Å². The Kier molecular flexibility index (Phi) is 2.16. The monoisotopic (exact) mass is 241 g/mol. The van der Waals surface area contributed by atoms with Gasteiger partial charge in [0.1, 0.15) is 0 Å². The second-order valence-corrected chi connectivity index (χ2v) is 4.07. The third-order valence-corrected chi connectivity index (χ3v) is 2.85. The van der Waals surface area contributed by atoms with Gasteiger partial charge in [0.05, 0.1) is 29.3 Å². The molecule has 6 heteroatoms.